The van der Waals surface area contributed by atoms with Crippen molar-refractivity contribution in [3.8, 4) is 17.1 Å². The van der Waals surface area contributed by atoms with Crippen LogP contribution >= 0.6 is 0 Å². The van der Waals surface area contributed by atoms with Crippen molar-refractivity contribution in [3.63, 3.8) is 0 Å². The first kappa shape index (κ1) is 25.0. The lowest BCUT2D eigenvalue weighted by Crippen LogP contribution is -2.36. The molecule has 0 saturated carbocycles. The van der Waals surface area contributed by atoms with E-state index in [0.29, 0.717) is 23.7 Å². The highest BCUT2D eigenvalue weighted by atomic mass is 32.2. The molecule has 0 spiro atoms. The highest BCUT2D eigenvalue weighted by molar-refractivity contribution is 7.92. The van der Waals surface area contributed by atoms with Gasteiger partial charge < -0.3 is 10.1 Å². The van der Waals surface area contributed by atoms with Gasteiger partial charge in [0.15, 0.2) is 0 Å². The first-order valence-corrected chi connectivity index (χ1v) is 12.1. The fraction of sp³-hybridized carbons (Fsp3) is 0.318. The Morgan fingerprint density at radius 2 is 1.91 bits per heavy atom. The Balaban J connectivity index is 1.80. The van der Waals surface area contributed by atoms with Gasteiger partial charge >= 0.3 is 0 Å². The summed E-state index contributed by atoms with van der Waals surface area (Å²) in [5.74, 6) is -1.18. The maximum Gasteiger partial charge on any atom is 0.236 e. The van der Waals surface area contributed by atoms with Gasteiger partial charge in [0, 0.05) is 11.8 Å². The Labute approximate surface area is 197 Å². The predicted octanol–water partition coefficient (Wildman–Crippen LogP) is 3.15. The van der Waals surface area contributed by atoms with Crippen LogP contribution in [0.5, 0.6) is 5.88 Å². The average molecular weight is 489 g/mol. The average Bonchev–Trinajstić information content (AvgIpc) is 2.80. The van der Waals surface area contributed by atoms with Crippen LogP contribution in [0.3, 0.4) is 0 Å². The van der Waals surface area contributed by atoms with Gasteiger partial charge in [0.2, 0.25) is 27.8 Å². The number of carbonyl (C=O) groups is 1. The van der Waals surface area contributed by atoms with Gasteiger partial charge in [-0.05, 0) is 45.9 Å². The minimum atomic E-state index is -3.58. The van der Waals surface area contributed by atoms with Crippen molar-refractivity contribution in [1.82, 2.24) is 19.9 Å². The predicted molar refractivity (Wildman–Crippen MR) is 125 cm³/mol. The van der Waals surface area contributed by atoms with Gasteiger partial charge in [0.05, 0.1) is 47.2 Å². The minimum Gasteiger partial charge on any atom is -0.477 e. The van der Waals surface area contributed by atoms with E-state index in [9.17, 15) is 17.6 Å². The zero-order chi connectivity index (χ0) is 24.9. The summed E-state index contributed by atoms with van der Waals surface area (Å²) in [7, 11) is -3.58. The minimum absolute atomic E-state index is 0.0308. The van der Waals surface area contributed by atoms with Crippen LogP contribution in [0.4, 0.5) is 16.0 Å². The van der Waals surface area contributed by atoms with Crippen LogP contribution in [-0.4, -0.2) is 46.6 Å². The van der Waals surface area contributed by atoms with Crippen molar-refractivity contribution in [3.05, 3.63) is 54.4 Å². The lowest BCUT2D eigenvalue weighted by molar-refractivity contribution is -0.120. The quantitative estimate of drug-likeness (QED) is 0.469. The summed E-state index contributed by atoms with van der Waals surface area (Å²) >= 11 is 0. The molecule has 2 N–H and O–H groups in total. The number of benzene rings is 1. The Kier molecular flexibility index (Phi) is 7.40. The van der Waals surface area contributed by atoms with E-state index in [1.54, 1.807) is 19.9 Å². The number of aromatic nitrogens is 4. The van der Waals surface area contributed by atoms with Crippen molar-refractivity contribution in [2.45, 2.75) is 33.1 Å². The number of rotatable bonds is 9. The van der Waals surface area contributed by atoms with E-state index < -0.39 is 27.2 Å². The molecule has 0 aliphatic rings. The largest absolute Gasteiger partial charge is 0.477 e. The number of halogens is 1. The Morgan fingerprint density at radius 1 is 1.15 bits per heavy atom. The number of hydrogen-bond donors (Lipinski definition) is 2. The highest BCUT2D eigenvalue weighted by Gasteiger charge is 2.32. The second kappa shape index (κ2) is 10.1. The molecule has 0 unspecified atom stereocenters. The molecular weight excluding hydrogens is 463 g/mol. The van der Waals surface area contributed by atoms with E-state index in [-0.39, 0.29) is 23.1 Å². The monoisotopic (exact) mass is 488 g/mol. The summed E-state index contributed by atoms with van der Waals surface area (Å²) < 4.78 is 46.0. The Bertz CT molecular complexity index is 1300. The van der Waals surface area contributed by atoms with Crippen molar-refractivity contribution in [1.29, 1.82) is 0 Å². The first-order chi connectivity index (χ1) is 16.1. The number of carbonyl (C=O) groups excluding carboxylic acids is 1. The van der Waals surface area contributed by atoms with E-state index in [4.69, 9.17) is 4.74 Å². The summed E-state index contributed by atoms with van der Waals surface area (Å²) in [5, 5.41) is 2.56. The third kappa shape index (κ3) is 5.81. The van der Waals surface area contributed by atoms with E-state index >= 15 is 0 Å². The number of anilines is 2. The second-order valence-electron chi connectivity index (χ2n) is 7.72. The van der Waals surface area contributed by atoms with Gasteiger partial charge in [-0.3, -0.25) is 14.5 Å². The fourth-order valence-electron chi connectivity index (χ4n) is 2.84. The molecule has 0 saturated heterocycles. The molecule has 2 aromatic heterocycles. The van der Waals surface area contributed by atoms with E-state index in [1.165, 1.54) is 43.7 Å². The lowest BCUT2D eigenvalue weighted by Gasteiger charge is -2.23. The summed E-state index contributed by atoms with van der Waals surface area (Å²) in [5.41, 5.74) is -0.110. The molecule has 34 heavy (non-hydrogen) atoms. The summed E-state index contributed by atoms with van der Waals surface area (Å²) in [6, 6.07) is 5.76. The standard InChI is InChI=1S/C22H25FN6O4S/c1-5-33-19-13-24-12-17(26-19)14-7-8-16(15(23)11-14)27-20(30)22(3,4)18-9-10-25-21(28-18)29-34(31,32)6-2/h7-13H,5-6H2,1-4H3,(H,27,30)(H,25,28,29). The highest BCUT2D eigenvalue weighted by Crippen LogP contribution is 2.27. The molecule has 0 aliphatic heterocycles. The molecule has 10 nitrogen and oxygen atoms in total. The number of hydrogen-bond acceptors (Lipinski definition) is 8. The molecule has 2 heterocycles. The molecule has 1 amide bonds. The molecule has 0 aliphatic carbocycles. The van der Waals surface area contributed by atoms with Gasteiger partial charge in [-0.2, -0.15) is 0 Å². The van der Waals surface area contributed by atoms with Crippen LogP contribution in [0.2, 0.25) is 0 Å². The molecule has 3 aromatic rings. The zero-order valence-corrected chi connectivity index (χ0v) is 20.0. The van der Waals surface area contributed by atoms with Crippen LogP contribution in [0.1, 0.15) is 33.4 Å². The van der Waals surface area contributed by atoms with E-state index in [0.717, 1.165) is 0 Å². The lowest BCUT2D eigenvalue weighted by atomic mass is 9.88. The molecule has 12 heteroatoms. The molecule has 0 atom stereocenters. The zero-order valence-electron chi connectivity index (χ0n) is 19.2. The smallest absolute Gasteiger partial charge is 0.236 e. The fourth-order valence-corrected chi connectivity index (χ4v) is 3.36. The second-order valence-corrected chi connectivity index (χ2v) is 9.73. The van der Waals surface area contributed by atoms with Gasteiger partial charge in [-0.15, -0.1) is 0 Å². The van der Waals surface area contributed by atoms with Crippen LogP contribution in [0.25, 0.3) is 11.3 Å². The van der Waals surface area contributed by atoms with Crippen LogP contribution in [-0.2, 0) is 20.2 Å². The molecular formula is C22H25FN6O4S. The maximum absolute atomic E-state index is 14.8. The summed E-state index contributed by atoms with van der Waals surface area (Å²) in [4.78, 5) is 29.4. The van der Waals surface area contributed by atoms with Gasteiger partial charge in [0.25, 0.3) is 0 Å². The number of nitrogens with zero attached hydrogens (tertiary/aromatic N) is 4. The molecule has 0 fully saturated rings. The third-order valence-electron chi connectivity index (χ3n) is 4.91. The molecule has 1 aromatic carbocycles. The topological polar surface area (TPSA) is 136 Å². The normalized spacial score (nSPS) is 11.7. The van der Waals surface area contributed by atoms with E-state index in [2.05, 4.69) is 30.0 Å². The van der Waals surface area contributed by atoms with Crippen molar-refractivity contribution < 1.29 is 22.3 Å². The van der Waals surface area contributed by atoms with Crippen molar-refractivity contribution in [2.75, 3.05) is 22.4 Å². The van der Waals surface area contributed by atoms with Crippen LogP contribution in [0.15, 0.2) is 42.9 Å². The molecule has 0 bridgehead atoms. The van der Waals surface area contributed by atoms with Crippen molar-refractivity contribution >= 4 is 27.6 Å². The van der Waals surface area contributed by atoms with E-state index in [1.807, 2.05) is 6.92 Å². The Hall–Kier alpha value is -3.67. The van der Waals surface area contributed by atoms with Gasteiger partial charge in [-0.1, -0.05) is 6.07 Å². The molecule has 180 valence electrons. The number of amides is 1. The number of sulfonamides is 1. The summed E-state index contributed by atoms with van der Waals surface area (Å²) in [6.45, 7) is 6.89. The SMILES string of the molecule is CCOc1cncc(-c2ccc(NC(=O)C(C)(C)c3ccnc(NS(=O)(=O)CC)n3)c(F)c2)n1. The summed E-state index contributed by atoms with van der Waals surface area (Å²) in [6.07, 6.45) is 4.29. The first-order valence-electron chi connectivity index (χ1n) is 10.5. The van der Waals surface area contributed by atoms with Crippen molar-refractivity contribution in [2.24, 2.45) is 0 Å². The number of ether oxygens (including phenoxy) is 1. The Morgan fingerprint density at radius 3 is 2.59 bits per heavy atom. The van der Waals surface area contributed by atoms with Gasteiger partial charge in [0.1, 0.15) is 5.82 Å². The van der Waals surface area contributed by atoms with Crippen LogP contribution in [0, 0.1) is 5.82 Å². The van der Waals surface area contributed by atoms with Gasteiger partial charge in [-0.25, -0.2) is 27.8 Å². The third-order valence-corrected chi connectivity index (χ3v) is 6.16. The molecule has 0 radical (unpaired) electrons. The van der Waals surface area contributed by atoms with Crippen LogP contribution < -0.4 is 14.8 Å². The maximum atomic E-state index is 14.8. The molecule has 3 rings (SSSR count). The number of nitrogens with one attached hydrogen (secondary N) is 2.